The Kier molecular flexibility index (Phi) is 4.73. The second kappa shape index (κ2) is 7.12. The molecule has 0 radical (unpaired) electrons. The molecule has 0 aliphatic carbocycles. The van der Waals surface area contributed by atoms with Gasteiger partial charge in [0.1, 0.15) is 5.82 Å². The minimum atomic E-state index is -2.70. The molecule has 0 bridgehead atoms. The van der Waals surface area contributed by atoms with E-state index in [-0.39, 0.29) is 12.4 Å². The minimum absolute atomic E-state index is 0.0456. The van der Waals surface area contributed by atoms with E-state index >= 15 is 0 Å². The fourth-order valence-corrected chi connectivity index (χ4v) is 2.26. The van der Waals surface area contributed by atoms with Gasteiger partial charge in [-0.1, -0.05) is 18.2 Å². The fraction of sp³-hybridized carbons (Fsp3) is 0.188. The highest BCUT2D eigenvalue weighted by atomic mass is 19.3. The zero-order valence-corrected chi connectivity index (χ0v) is 13.4. The second-order valence-electron chi connectivity index (χ2n) is 5.32. The molecule has 3 rings (SSSR count). The van der Waals surface area contributed by atoms with Crippen molar-refractivity contribution >= 4 is 11.7 Å². The summed E-state index contributed by atoms with van der Waals surface area (Å²) in [6, 6.07) is 8.98. The first kappa shape index (κ1) is 16.6. The number of alkyl halides is 2. The van der Waals surface area contributed by atoms with E-state index in [0.717, 1.165) is 10.3 Å². The maximum Gasteiger partial charge on any atom is 0.322 e. The van der Waals surface area contributed by atoms with Crippen molar-refractivity contribution in [2.75, 3.05) is 12.4 Å². The van der Waals surface area contributed by atoms with E-state index in [1.165, 1.54) is 30.5 Å². The number of hydrogen-bond donors (Lipinski definition) is 1. The number of imidazole rings is 1. The highest BCUT2D eigenvalue weighted by Crippen LogP contribution is 2.15. The van der Waals surface area contributed by atoms with E-state index in [9.17, 15) is 13.6 Å². The fourth-order valence-electron chi connectivity index (χ4n) is 2.26. The van der Waals surface area contributed by atoms with Crippen LogP contribution in [0.15, 0.2) is 55.1 Å². The lowest BCUT2D eigenvalue weighted by molar-refractivity contribution is 0.0652. The van der Waals surface area contributed by atoms with Gasteiger partial charge in [-0.15, -0.1) is 0 Å². The maximum absolute atomic E-state index is 12.8. The Morgan fingerprint density at radius 3 is 2.80 bits per heavy atom. The standard InChI is InChI=1S/C16H16F2N6O/c1-22(11-14-19-7-8-23(14)15(17)18)16(25)21-12-9-20-24(10-12)13-5-3-2-4-6-13/h2-10,15H,11H2,1H3,(H,21,25). The normalized spacial score (nSPS) is 10.9. The van der Waals surface area contributed by atoms with Gasteiger partial charge in [-0.2, -0.15) is 13.9 Å². The Labute approximate surface area is 142 Å². The van der Waals surface area contributed by atoms with Gasteiger partial charge in [0.05, 0.1) is 30.3 Å². The summed E-state index contributed by atoms with van der Waals surface area (Å²) in [5.74, 6) is 0.104. The van der Waals surface area contributed by atoms with Crippen molar-refractivity contribution in [2.24, 2.45) is 0 Å². The summed E-state index contributed by atoms with van der Waals surface area (Å²) in [6.45, 7) is -2.74. The highest BCUT2D eigenvalue weighted by Gasteiger charge is 2.16. The Morgan fingerprint density at radius 1 is 1.32 bits per heavy atom. The van der Waals surface area contributed by atoms with Crippen LogP contribution in [-0.2, 0) is 6.54 Å². The number of rotatable bonds is 5. The van der Waals surface area contributed by atoms with Crippen molar-refractivity contribution in [3.05, 3.63) is 60.9 Å². The van der Waals surface area contributed by atoms with E-state index in [4.69, 9.17) is 0 Å². The number of halogens is 2. The van der Waals surface area contributed by atoms with Crippen molar-refractivity contribution in [1.29, 1.82) is 0 Å². The molecule has 2 amide bonds. The molecule has 0 unspecified atom stereocenters. The van der Waals surface area contributed by atoms with Crippen LogP contribution in [0.5, 0.6) is 0 Å². The number of carbonyl (C=O) groups is 1. The maximum atomic E-state index is 12.8. The van der Waals surface area contributed by atoms with Gasteiger partial charge in [0, 0.05) is 19.4 Å². The lowest BCUT2D eigenvalue weighted by Gasteiger charge is -2.17. The Hall–Kier alpha value is -3.23. The second-order valence-corrected chi connectivity index (χ2v) is 5.32. The van der Waals surface area contributed by atoms with Gasteiger partial charge in [0.25, 0.3) is 0 Å². The minimum Gasteiger partial charge on any atom is -0.320 e. The number of urea groups is 1. The summed E-state index contributed by atoms with van der Waals surface area (Å²) >= 11 is 0. The van der Waals surface area contributed by atoms with Crippen LogP contribution < -0.4 is 5.32 Å². The Morgan fingerprint density at radius 2 is 2.08 bits per heavy atom. The van der Waals surface area contributed by atoms with E-state index in [1.807, 2.05) is 30.3 Å². The first-order valence-corrected chi connectivity index (χ1v) is 7.46. The van der Waals surface area contributed by atoms with Crippen LogP contribution in [0.25, 0.3) is 5.69 Å². The summed E-state index contributed by atoms with van der Waals surface area (Å²) in [6.07, 6.45) is 5.63. The molecular formula is C16H16F2N6O. The molecule has 1 aromatic carbocycles. The quantitative estimate of drug-likeness (QED) is 0.772. The molecular weight excluding hydrogens is 330 g/mol. The molecule has 2 heterocycles. The third-order valence-electron chi connectivity index (χ3n) is 3.54. The molecule has 0 saturated heterocycles. The number of nitrogens with zero attached hydrogens (tertiary/aromatic N) is 5. The van der Waals surface area contributed by atoms with Crippen LogP contribution in [0, 0.1) is 0 Å². The number of amides is 2. The number of aromatic nitrogens is 4. The summed E-state index contributed by atoms with van der Waals surface area (Å²) in [5, 5.41) is 6.85. The van der Waals surface area contributed by atoms with Gasteiger partial charge >= 0.3 is 12.6 Å². The largest absolute Gasteiger partial charge is 0.322 e. The number of anilines is 1. The van der Waals surface area contributed by atoms with Gasteiger partial charge in [0.2, 0.25) is 0 Å². The van der Waals surface area contributed by atoms with Crippen LogP contribution in [0.4, 0.5) is 19.3 Å². The molecule has 0 aliphatic heterocycles. The Bertz CT molecular complexity index is 845. The molecule has 7 nitrogen and oxygen atoms in total. The number of carbonyl (C=O) groups excluding carboxylic acids is 1. The summed E-state index contributed by atoms with van der Waals surface area (Å²) < 4.78 is 28.0. The smallest absolute Gasteiger partial charge is 0.320 e. The predicted molar refractivity (Wildman–Crippen MR) is 87.5 cm³/mol. The zero-order valence-electron chi connectivity index (χ0n) is 13.4. The average Bonchev–Trinajstić information content (AvgIpc) is 3.25. The average molecular weight is 346 g/mol. The van der Waals surface area contributed by atoms with Crippen molar-refractivity contribution in [2.45, 2.75) is 13.1 Å². The molecule has 25 heavy (non-hydrogen) atoms. The van der Waals surface area contributed by atoms with Gasteiger partial charge in [0.15, 0.2) is 0 Å². The molecule has 0 aliphatic rings. The SMILES string of the molecule is CN(Cc1nccn1C(F)F)C(=O)Nc1cnn(-c2ccccc2)c1. The molecule has 1 N–H and O–H groups in total. The summed E-state index contributed by atoms with van der Waals surface area (Å²) in [4.78, 5) is 17.3. The lowest BCUT2D eigenvalue weighted by atomic mass is 10.3. The van der Waals surface area contributed by atoms with Crippen LogP contribution in [-0.4, -0.2) is 37.3 Å². The monoisotopic (exact) mass is 346 g/mol. The molecule has 0 saturated carbocycles. The van der Waals surface area contributed by atoms with Crippen molar-refractivity contribution in [3.63, 3.8) is 0 Å². The lowest BCUT2D eigenvalue weighted by Crippen LogP contribution is -2.31. The van der Waals surface area contributed by atoms with Crippen molar-refractivity contribution in [3.8, 4) is 5.69 Å². The Balaban J connectivity index is 1.64. The highest BCUT2D eigenvalue weighted by molar-refractivity contribution is 5.88. The van der Waals surface area contributed by atoms with Crippen LogP contribution >= 0.6 is 0 Å². The van der Waals surface area contributed by atoms with Crippen LogP contribution in [0.2, 0.25) is 0 Å². The van der Waals surface area contributed by atoms with E-state index in [1.54, 1.807) is 10.9 Å². The molecule has 9 heteroatoms. The zero-order chi connectivity index (χ0) is 17.8. The molecule has 0 atom stereocenters. The van der Waals surface area contributed by atoms with Gasteiger partial charge in [-0.05, 0) is 12.1 Å². The predicted octanol–water partition coefficient (Wildman–Crippen LogP) is 3.13. The van der Waals surface area contributed by atoms with Crippen LogP contribution in [0.3, 0.4) is 0 Å². The van der Waals surface area contributed by atoms with Gasteiger partial charge < -0.3 is 10.2 Å². The first-order valence-electron chi connectivity index (χ1n) is 7.46. The number of benzene rings is 1. The van der Waals surface area contributed by atoms with E-state index < -0.39 is 12.6 Å². The van der Waals surface area contributed by atoms with E-state index in [0.29, 0.717) is 5.69 Å². The third-order valence-corrected chi connectivity index (χ3v) is 3.54. The molecule has 2 aromatic heterocycles. The molecule has 0 fully saturated rings. The number of para-hydroxylation sites is 1. The van der Waals surface area contributed by atoms with Crippen molar-refractivity contribution in [1.82, 2.24) is 24.2 Å². The number of hydrogen-bond acceptors (Lipinski definition) is 3. The first-order chi connectivity index (χ1) is 12.0. The van der Waals surface area contributed by atoms with Gasteiger partial charge in [-0.3, -0.25) is 4.57 Å². The summed E-state index contributed by atoms with van der Waals surface area (Å²) in [7, 11) is 1.50. The van der Waals surface area contributed by atoms with Gasteiger partial charge in [-0.25, -0.2) is 14.5 Å². The van der Waals surface area contributed by atoms with E-state index in [2.05, 4.69) is 15.4 Å². The topological polar surface area (TPSA) is 68.0 Å². The number of nitrogens with one attached hydrogen (secondary N) is 1. The summed E-state index contributed by atoms with van der Waals surface area (Å²) in [5.41, 5.74) is 1.35. The van der Waals surface area contributed by atoms with Crippen molar-refractivity contribution < 1.29 is 13.6 Å². The molecule has 130 valence electrons. The van der Waals surface area contributed by atoms with Crippen LogP contribution in [0.1, 0.15) is 12.4 Å². The molecule has 3 aromatic rings. The third kappa shape index (κ3) is 3.82. The molecule has 0 spiro atoms.